The summed E-state index contributed by atoms with van der Waals surface area (Å²) in [5.74, 6) is 0.104. The minimum atomic E-state index is -0.589. The van der Waals surface area contributed by atoms with Gasteiger partial charge in [-0.05, 0) is 31.6 Å². The number of unbranched alkanes of at least 4 members (excludes halogenated alkanes) is 5. The maximum absolute atomic E-state index is 12.1. The number of rotatable bonds is 13. The van der Waals surface area contributed by atoms with Crippen molar-refractivity contribution < 1.29 is 24.8 Å². The molecule has 3 atom stereocenters. The number of aliphatic hydroxyl groups is 1. The molecule has 1 aliphatic rings. The van der Waals surface area contributed by atoms with Gasteiger partial charge in [-0.1, -0.05) is 57.6 Å². The third kappa shape index (κ3) is 9.17. The van der Waals surface area contributed by atoms with Crippen molar-refractivity contribution in [2.24, 2.45) is 11.8 Å². The highest BCUT2D eigenvalue weighted by molar-refractivity contribution is 5.83. The quantitative estimate of drug-likeness (QED) is 0.221. The molecule has 5 heteroatoms. The number of allylic oxidation sites excluding steroid dienone is 1. The Kier molecular flexibility index (Phi) is 11.4. The average Bonchev–Trinajstić information content (AvgIpc) is 2.96. The molecule has 25 heavy (non-hydrogen) atoms. The zero-order valence-electron chi connectivity index (χ0n) is 15.5. The van der Waals surface area contributed by atoms with Gasteiger partial charge in [0.05, 0.1) is 6.10 Å². The van der Waals surface area contributed by atoms with Crippen LogP contribution in [0.1, 0.15) is 84.0 Å². The fraction of sp³-hybridized carbons (Fsp3) is 0.800. The van der Waals surface area contributed by atoms with Gasteiger partial charge in [-0.15, -0.1) is 0 Å². The van der Waals surface area contributed by atoms with E-state index in [9.17, 15) is 14.7 Å². The maximum Gasteiger partial charge on any atom is 0.342 e. The Morgan fingerprint density at radius 2 is 2.00 bits per heavy atom. The van der Waals surface area contributed by atoms with Gasteiger partial charge in [0.25, 0.3) is 0 Å². The number of carbonyl (C=O) groups excluding carboxylic acids is 2. The molecule has 1 fully saturated rings. The van der Waals surface area contributed by atoms with Crippen LogP contribution in [0.3, 0.4) is 0 Å². The second kappa shape index (κ2) is 13.1. The summed E-state index contributed by atoms with van der Waals surface area (Å²) in [6, 6.07) is 0. The van der Waals surface area contributed by atoms with E-state index in [1.54, 1.807) is 0 Å². The molecule has 0 spiro atoms. The number of aliphatic hydroxyl groups excluding tert-OH is 1. The molecule has 5 nitrogen and oxygen atoms in total. The first-order valence-corrected chi connectivity index (χ1v) is 9.81. The molecule has 1 rings (SSSR count). The van der Waals surface area contributed by atoms with Crippen LogP contribution in [0.15, 0.2) is 12.2 Å². The van der Waals surface area contributed by atoms with Gasteiger partial charge in [0, 0.05) is 18.8 Å². The fourth-order valence-corrected chi connectivity index (χ4v) is 3.54. The van der Waals surface area contributed by atoms with Gasteiger partial charge in [-0.2, -0.15) is 5.26 Å². The average molecular weight is 354 g/mol. The van der Waals surface area contributed by atoms with Gasteiger partial charge in [-0.25, -0.2) is 4.79 Å². The van der Waals surface area contributed by atoms with E-state index < -0.39 is 12.1 Å². The molecule has 1 unspecified atom stereocenters. The van der Waals surface area contributed by atoms with E-state index in [2.05, 4.69) is 17.9 Å². The van der Waals surface area contributed by atoms with Crippen LogP contribution in [-0.4, -0.2) is 28.2 Å². The minimum absolute atomic E-state index is 0.0847. The highest BCUT2D eigenvalue weighted by atomic mass is 17.1. The lowest BCUT2D eigenvalue weighted by Gasteiger charge is -2.15. The number of carbonyl (C=O) groups is 2. The SMILES string of the molecule is CCCCCC(O)C=C[C@H]1CCC(=O)[C@@H]1CCCCCCC(=O)OO. The Labute approximate surface area is 151 Å². The fourth-order valence-electron chi connectivity index (χ4n) is 3.54. The predicted molar refractivity (Wildman–Crippen MR) is 96.9 cm³/mol. The molecule has 0 aromatic rings. The van der Waals surface area contributed by atoms with E-state index in [1.807, 2.05) is 6.08 Å². The van der Waals surface area contributed by atoms with Crippen molar-refractivity contribution in [1.82, 2.24) is 0 Å². The summed E-state index contributed by atoms with van der Waals surface area (Å²) in [7, 11) is 0. The molecule has 0 aromatic heterocycles. The molecule has 0 bridgehead atoms. The summed E-state index contributed by atoms with van der Waals surface area (Å²) in [6.07, 6.45) is 13.9. The summed E-state index contributed by atoms with van der Waals surface area (Å²) in [6.45, 7) is 2.15. The van der Waals surface area contributed by atoms with Crippen LogP contribution in [0.2, 0.25) is 0 Å². The lowest BCUT2D eigenvalue weighted by molar-refractivity contribution is -0.234. The summed E-state index contributed by atoms with van der Waals surface area (Å²) in [5, 5.41) is 18.2. The lowest BCUT2D eigenvalue weighted by atomic mass is 9.89. The molecule has 0 aliphatic heterocycles. The number of Topliss-reactive ketones (excluding diaryl/α,β-unsaturated/α-hetero) is 1. The highest BCUT2D eigenvalue weighted by Crippen LogP contribution is 2.34. The molecule has 0 heterocycles. The molecule has 0 radical (unpaired) electrons. The van der Waals surface area contributed by atoms with Crippen molar-refractivity contribution in [3.8, 4) is 0 Å². The Balaban J connectivity index is 2.26. The van der Waals surface area contributed by atoms with Crippen LogP contribution in [0.4, 0.5) is 0 Å². The highest BCUT2D eigenvalue weighted by Gasteiger charge is 2.32. The summed E-state index contributed by atoms with van der Waals surface area (Å²) < 4.78 is 0. The van der Waals surface area contributed by atoms with Crippen LogP contribution >= 0.6 is 0 Å². The van der Waals surface area contributed by atoms with Gasteiger partial charge < -0.3 is 9.99 Å². The van der Waals surface area contributed by atoms with Crippen LogP contribution in [0, 0.1) is 11.8 Å². The van der Waals surface area contributed by atoms with E-state index in [4.69, 9.17) is 5.26 Å². The van der Waals surface area contributed by atoms with Crippen molar-refractivity contribution >= 4 is 11.8 Å². The van der Waals surface area contributed by atoms with Crippen molar-refractivity contribution in [2.45, 2.75) is 90.1 Å². The van der Waals surface area contributed by atoms with Crippen molar-refractivity contribution in [2.75, 3.05) is 0 Å². The van der Waals surface area contributed by atoms with Gasteiger partial charge >= 0.3 is 5.97 Å². The maximum atomic E-state index is 12.1. The van der Waals surface area contributed by atoms with Crippen LogP contribution < -0.4 is 0 Å². The third-order valence-corrected chi connectivity index (χ3v) is 5.09. The van der Waals surface area contributed by atoms with E-state index >= 15 is 0 Å². The van der Waals surface area contributed by atoms with Gasteiger partial charge in [0.1, 0.15) is 5.78 Å². The molecular formula is C20H34O5. The van der Waals surface area contributed by atoms with Crippen molar-refractivity contribution in [3.05, 3.63) is 12.2 Å². The monoisotopic (exact) mass is 354 g/mol. The Morgan fingerprint density at radius 1 is 1.24 bits per heavy atom. The number of hydrogen-bond donors (Lipinski definition) is 2. The van der Waals surface area contributed by atoms with Crippen LogP contribution in [-0.2, 0) is 14.5 Å². The topological polar surface area (TPSA) is 83.8 Å². The minimum Gasteiger partial charge on any atom is -0.389 e. The zero-order chi connectivity index (χ0) is 18.5. The zero-order valence-corrected chi connectivity index (χ0v) is 15.5. The second-order valence-electron chi connectivity index (χ2n) is 7.14. The third-order valence-electron chi connectivity index (χ3n) is 5.09. The standard InChI is InChI=1S/C20H34O5/c1-2-3-6-9-17(21)14-12-16-13-15-19(22)18(16)10-7-4-5-8-11-20(23)25-24/h12,14,16-18,21,24H,2-11,13,15H2,1H3/t16-,17?,18+/m0/s1. The molecule has 144 valence electrons. The summed E-state index contributed by atoms with van der Waals surface area (Å²) in [4.78, 5) is 26.5. The van der Waals surface area contributed by atoms with E-state index in [0.717, 1.165) is 57.8 Å². The van der Waals surface area contributed by atoms with Gasteiger partial charge in [-0.3, -0.25) is 4.79 Å². The molecule has 2 N–H and O–H groups in total. The molecule has 0 aromatic carbocycles. The second-order valence-corrected chi connectivity index (χ2v) is 7.14. The van der Waals surface area contributed by atoms with E-state index in [0.29, 0.717) is 18.6 Å². The van der Waals surface area contributed by atoms with Crippen molar-refractivity contribution in [3.63, 3.8) is 0 Å². The van der Waals surface area contributed by atoms with E-state index in [-0.39, 0.29) is 18.3 Å². The summed E-state index contributed by atoms with van der Waals surface area (Å²) in [5.41, 5.74) is 0. The molecule has 1 saturated carbocycles. The Morgan fingerprint density at radius 3 is 2.72 bits per heavy atom. The largest absolute Gasteiger partial charge is 0.389 e. The van der Waals surface area contributed by atoms with Crippen molar-refractivity contribution in [1.29, 1.82) is 0 Å². The molecular weight excluding hydrogens is 320 g/mol. The number of hydrogen-bond acceptors (Lipinski definition) is 5. The van der Waals surface area contributed by atoms with Crippen LogP contribution in [0.25, 0.3) is 0 Å². The number of ketones is 1. The van der Waals surface area contributed by atoms with Crippen LogP contribution in [0.5, 0.6) is 0 Å². The Bertz CT molecular complexity index is 418. The smallest absolute Gasteiger partial charge is 0.342 e. The first-order chi connectivity index (χ1) is 12.1. The summed E-state index contributed by atoms with van der Waals surface area (Å²) >= 11 is 0. The molecule has 0 amide bonds. The lowest BCUT2D eigenvalue weighted by Crippen LogP contribution is -2.14. The molecule has 0 saturated heterocycles. The normalized spacial score (nSPS) is 21.8. The molecule has 1 aliphatic carbocycles. The first kappa shape index (κ1) is 21.8. The van der Waals surface area contributed by atoms with Gasteiger partial charge in [0.2, 0.25) is 0 Å². The van der Waals surface area contributed by atoms with E-state index in [1.165, 1.54) is 0 Å². The predicted octanol–water partition coefficient (Wildman–Crippen LogP) is 4.44. The van der Waals surface area contributed by atoms with Gasteiger partial charge in [0.15, 0.2) is 0 Å². The first-order valence-electron chi connectivity index (χ1n) is 9.81. The Hall–Kier alpha value is -1.20.